The molecule has 5 nitrogen and oxygen atoms in total. The molecular formula is C18H17ClF2N2O3. The molecule has 0 atom stereocenters. The molecule has 0 saturated heterocycles. The number of carbonyl (C=O) groups is 2. The number of aryl methyl sites for hydroxylation is 1. The van der Waals surface area contributed by atoms with Crippen LogP contribution in [0.1, 0.15) is 12.5 Å². The summed E-state index contributed by atoms with van der Waals surface area (Å²) in [6, 6.07) is 5.93. The zero-order chi connectivity index (χ0) is 19.4. The van der Waals surface area contributed by atoms with E-state index in [1.807, 2.05) is 0 Å². The van der Waals surface area contributed by atoms with E-state index in [1.165, 1.54) is 14.0 Å². The first-order valence-corrected chi connectivity index (χ1v) is 7.98. The predicted octanol–water partition coefficient (Wildman–Crippen LogP) is 3.93. The van der Waals surface area contributed by atoms with Crippen LogP contribution in [0.4, 0.5) is 20.2 Å². The molecule has 0 fully saturated rings. The van der Waals surface area contributed by atoms with E-state index in [9.17, 15) is 18.4 Å². The molecule has 0 spiro atoms. The Balaban J connectivity index is 2.24. The molecule has 138 valence electrons. The molecule has 0 bridgehead atoms. The Kier molecular flexibility index (Phi) is 6.15. The molecule has 0 aliphatic rings. The van der Waals surface area contributed by atoms with Gasteiger partial charge in [0.2, 0.25) is 11.8 Å². The minimum atomic E-state index is -0.937. The molecule has 0 radical (unpaired) electrons. The van der Waals surface area contributed by atoms with Crippen LogP contribution >= 0.6 is 11.6 Å². The molecule has 0 unspecified atom stereocenters. The maximum absolute atomic E-state index is 14.0. The van der Waals surface area contributed by atoms with Gasteiger partial charge in [0.1, 0.15) is 23.9 Å². The fraction of sp³-hybridized carbons (Fsp3) is 0.222. The summed E-state index contributed by atoms with van der Waals surface area (Å²) in [6.07, 6.45) is 0. The van der Waals surface area contributed by atoms with Crippen molar-refractivity contribution in [1.82, 2.24) is 0 Å². The highest BCUT2D eigenvalue weighted by Crippen LogP contribution is 2.31. The van der Waals surface area contributed by atoms with E-state index in [-0.39, 0.29) is 5.69 Å². The molecule has 2 amide bonds. The first-order chi connectivity index (χ1) is 12.2. The van der Waals surface area contributed by atoms with Crippen molar-refractivity contribution in [3.63, 3.8) is 0 Å². The summed E-state index contributed by atoms with van der Waals surface area (Å²) in [5.74, 6) is -2.52. The van der Waals surface area contributed by atoms with Crippen molar-refractivity contribution in [2.45, 2.75) is 13.8 Å². The van der Waals surface area contributed by atoms with Crippen LogP contribution in [-0.2, 0) is 9.59 Å². The smallest absolute Gasteiger partial charge is 0.244 e. The lowest BCUT2D eigenvalue weighted by Crippen LogP contribution is -2.37. The molecule has 0 aromatic heterocycles. The van der Waals surface area contributed by atoms with E-state index in [0.717, 1.165) is 22.6 Å². The van der Waals surface area contributed by atoms with Crippen LogP contribution in [0.3, 0.4) is 0 Å². The number of carbonyl (C=O) groups excluding carboxylic acids is 2. The summed E-state index contributed by atoms with van der Waals surface area (Å²) in [5.41, 5.74) is 0.895. The monoisotopic (exact) mass is 382 g/mol. The Morgan fingerprint density at radius 2 is 1.92 bits per heavy atom. The molecular weight excluding hydrogens is 366 g/mol. The molecule has 1 N–H and O–H groups in total. The lowest BCUT2D eigenvalue weighted by Gasteiger charge is -2.21. The van der Waals surface area contributed by atoms with E-state index < -0.39 is 30.0 Å². The van der Waals surface area contributed by atoms with E-state index >= 15 is 0 Å². The fourth-order valence-electron chi connectivity index (χ4n) is 2.33. The summed E-state index contributed by atoms with van der Waals surface area (Å²) >= 11 is 6.02. The topological polar surface area (TPSA) is 58.6 Å². The van der Waals surface area contributed by atoms with Crippen LogP contribution in [0.15, 0.2) is 30.3 Å². The largest absolute Gasteiger partial charge is 0.495 e. The van der Waals surface area contributed by atoms with Gasteiger partial charge in [-0.25, -0.2) is 8.78 Å². The van der Waals surface area contributed by atoms with Crippen molar-refractivity contribution >= 4 is 34.8 Å². The normalized spacial score (nSPS) is 10.4. The molecule has 0 aliphatic carbocycles. The lowest BCUT2D eigenvalue weighted by atomic mass is 10.2. The van der Waals surface area contributed by atoms with Gasteiger partial charge in [0.05, 0.1) is 18.5 Å². The third kappa shape index (κ3) is 4.49. The standard InChI is InChI=1S/C18H17ClF2N2O3/c1-10-6-15(17(26-3)8-13(10)19)22-18(25)9-23(11(2)24)16-5-4-12(20)7-14(16)21/h4-8H,9H2,1-3H3,(H,22,25). The first kappa shape index (κ1) is 19.7. The summed E-state index contributed by atoms with van der Waals surface area (Å²) in [6.45, 7) is 2.49. The van der Waals surface area contributed by atoms with Gasteiger partial charge in [-0.3, -0.25) is 9.59 Å². The summed E-state index contributed by atoms with van der Waals surface area (Å²) < 4.78 is 32.2. The number of ether oxygens (including phenoxy) is 1. The van der Waals surface area contributed by atoms with Crippen LogP contribution in [0.5, 0.6) is 5.75 Å². The van der Waals surface area contributed by atoms with Gasteiger partial charge in [-0.15, -0.1) is 0 Å². The quantitative estimate of drug-likeness (QED) is 0.852. The van der Waals surface area contributed by atoms with Gasteiger partial charge in [0.15, 0.2) is 0 Å². The van der Waals surface area contributed by atoms with Gasteiger partial charge in [-0.2, -0.15) is 0 Å². The SMILES string of the molecule is COc1cc(Cl)c(C)cc1NC(=O)CN(C(C)=O)c1ccc(F)cc1F. The molecule has 0 aliphatic heterocycles. The van der Waals surface area contributed by atoms with E-state index in [2.05, 4.69) is 5.32 Å². The van der Waals surface area contributed by atoms with Crippen LogP contribution in [0, 0.1) is 18.6 Å². The molecule has 8 heteroatoms. The highest BCUT2D eigenvalue weighted by molar-refractivity contribution is 6.31. The summed E-state index contributed by atoms with van der Waals surface area (Å²) in [7, 11) is 1.42. The zero-order valence-electron chi connectivity index (χ0n) is 14.4. The number of hydrogen-bond acceptors (Lipinski definition) is 3. The second kappa shape index (κ2) is 8.14. The van der Waals surface area contributed by atoms with Gasteiger partial charge >= 0.3 is 0 Å². The Morgan fingerprint density at radius 3 is 2.50 bits per heavy atom. The molecule has 2 aromatic carbocycles. The average molecular weight is 383 g/mol. The third-order valence-corrected chi connectivity index (χ3v) is 4.04. The number of rotatable bonds is 5. The second-order valence-electron chi connectivity index (χ2n) is 5.55. The maximum atomic E-state index is 14.0. The molecule has 0 saturated carbocycles. The van der Waals surface area contributed by atoms with Crippen LogP contribution in [0.2, 0.25) is 5.02 Å². The number of nitrogens with one attached hydrogen (secondary N) is 1. The molecule has 2 aromatic rings. The summed E-state index contributed by atoms with van der Waals surface area (Å²) in [5, 5.41) is 3.07. The number of amides is 2. The molecule has 2 rings (SSSR count). The Morgan fingerprint density at radius 1 is 1.23 bits per heavy atom. The lowest BCUT2D eigenvalue weighted by molar-refractivity contribution is -0.120. The van der Waals surface area contributed by atoms with Gasteiger partial charge in [-0.05, 0) is 30.7 Å². The minimum Gasteiger partial charge on any atom is -0.495 e. The predicted molar refractivity (Wildman–Crippen MR) is 95.8 cm³/mol. The number of anilines is 2. The summed E-state index contributed by atoms with van der Waals surface area (Å²) in [4.78, 5) is 25.1. The number of nitrogens with zero attached hydrogens (tertiary/aromatic N) is 1. The van der Waals surface area contributed by atoms with Crippen molar-refractivity contribution in [3.05, 3.63) is 52.6 Å². The van der Waals surface area contributed by atoms with E-state index in [1.54, 1.807) is 19.1 Å². The highest BCUT2D eigenvalue weighted by Gasteiger charge is 2.20. The van der Waals surface area contributed by atoms with Gasteiger partial charge < -0.3 is 15.0 Å². The van der Waals surface area contributed by atoms with Gasteiger partial charge in [0, 0.05) is 24.1 Å². The number of methoxy groups -OCH3 is 1. The van der Waals surface area contributed by atoms with E-state index in [0.29, 0.717) is 22.5 Å². The average Bonchev–Trinajstić information content (AvgIpc) is 2.56. The van der Waals surface area contributed by atoms with Gasteiger partial charge in [0.25, 0.3) is 0 Å². The number of halogens is 3. The maximum Gasteiger partial charge on any atom is 0.244 e. The van der Waals surface area contributed by atoms with Crippen LogP contribution < -0.4 is 15.0 Å². The second-order valence-corrected chi connectivity index (χ2v) is 5.96. The first-order valence-electron chi connectivity index (χ1n) is 7.60. The van der Waals surface area contributed by atoms with Crippen molar-refractivity contribution in [2.24, 2.45) is 0 Å². The molecule has 26 heavy (non-hydrogen) atoms. The van der Waals surface area contributed by atoms with E-state index in [4.69, 9.17) is 16.3 Å². The van der Waals surface area contributed by atoms with Crippen molar-refractivity contribution in [2.75, 3.05) is 23.9 Å². The van der Waals surface area contributed by atoms with Crippen LogP contribution in [-0.4, -0.2) is 25.5 Å². The number of benzene rings is 2. The Labute approximate surface area is 154 Å². The zero-order valence-corrected chi connectivity index (χ0v) is 15.2. The fourth-order valence-corrected chi connectivity index (χ4v) is 2.48. The minimum absolute atomic E-state index is 0.187. The highest BCUT2D eigenvalue weighted by atomic mass is 35.5. The van der Waals surface area contributed by atoms with Crippen molar-refractivity contribution < 1.29 is 23.1 Å². The molecule has 0 heterocycles. The van der Waals surface area contributed by atoms with Gasteiger partial charge in [-0.1, -0.05) is 11.6 Å². The Hall–Kier alpha value is -2.67. The van der Waals surface area contributed by atoms with Crippen LogP contribution in [0.25, 0.3) is 0 Å². The van der Waals surface area contributed by atoms with Crippen molar-refractivity contribution in [1.29, 1.82) is 0 Å². The Bertz CT molecular complexity index is 859. The number of hydrogen-bond donors (Lipinski definition) is 1. The van der Waals surface area contributed by atoms with Crippen molar-refractivity contribution in [3.8, 4) is 5.75 Å². The third-order valence-electron chi connectivity index (χ3n) is 3.64.